The van der Waals surface area contributed by atoms with E-state index in [1.165, 1.54) is 23.2 Å². The van der Waals surface area contributed by atoms with Crippen LogP contribution in [-0.4, -0.2) is 74.4 Å². The molecule has 0 radical (unpaired) electrons. The van der Waals surface area contributed by atoms with Crippen molar-refractivity contribution in [3.05, 3.63) is 53.6 Å². The highest BCUT2D eigenvalue weighted by molar-refractivity contribution is 5.97. The Hall–Kier alpha value is -3.23. The molecular weight excluding hydrogens is 389 g/mol. The highest BCUT2D eigenvalue weighted by Crippen LogP contribution is 2.21. The van der Waals surface area contributed by atoms with E-state index in [0.717, 1.165) is 5.56 Å². The monoisotopic (exact) mass is 413 g/mol. The smallest absolute Gasteiger partial charge is 0.257 e. The second-order valence-electron chi connectivity index (χ2n) is 7.61. The molecule has 30 heavy (non-hydrogen) atoms. The maximum atomic E-state index is 13.2. The van der Waals surface area contributed by atoms with Gasteiger partial charge in [-0.2, -0.15) is 5.10 Å². The first-order valence-electron chi connectivity index (χ1n) is 10.1. The van der Waals surface area contributed by atoms with Crippen LogP contribution in [0.15, 0.2) is 36.7 Å². The lowest BCUT2D eigenvalue weighted by Gasteiger charge is -2.40. The van der Waals surface area contributed by atoms with Gasteiger partial charge in [-0.3, -0.25) is 19.1 Å². The Morgan fingerprint density at radius 3 is 2.67 bits per heavy atom. The number of hydrogen-bond donors (Lipinski definition) is 0. The van der Waals surface area contributed by atoms with Gasteiger partial charge in [-0.15, -0.1) is 0 Å². The van der Waals surface area contributed by atoms with Crippen LogP contribution in [0.4, 0.5) is 4.39 Å². The van der Waals surface area contributed by atoms with E-state index in [4.69, 9.17) is 0 Å². The Morgan fingerprint density at radius 2 is 1.97 bits per heavy atom. The fraction of sp³-hybridized carbons (Fsp3) is 0.429. The van der Waals surface area contributed by atoms with Gasteiger partial charge < -0.3 is 14.7 Å². The SMILES string of the molecule is CCn1cc(C(=O)N2CCCN3C(=O)CN(Cc4ccc(F)cc4)C(=O)C3C2)cn1. The summed E-state index contributed by atoms with van der Waals surface area (Å²) in [7, 11) is 0. The summed E-state index contributed by atoms with van der Waals surface area (Å²) in [5, 5.41) is 4.15. The molecule has 2 aromatic rings. The number of halogens is 1. The molecule has 9 heteroatoms. The quantitative estimate of drug-likeness (QED) is 0.753. The zero-order valence-corrected chi connectivity index (χ0v) is 16.8. The van der Waals surface area contributed by atoms with Gasteiger partial charge in [0.15, 0.2) is 0 Å². The molecule has 1 aromatic heterocycles. The predicted octanol–water partition coefficient (Wildman–Crippen LogP) is 1.13. The number of nitrogens with zero attached hydrogens (tertiary/aromatic N) is 5. The van der Waals surface area contributed by atoms with Crippen molar-refractivity contribution in [2.24, 2.45) is 0 Å². The first kappa shape index (κ1) is 20.1. The minimum atomic E-state index is -0.709. The third kappa shape index (κ3) is 3.92. The van der Waals surface area contributed by atoms with Gasteiger partial charge in [-0.25, -0.2) is 4.39 Å². The topological polar surface area (TPSA) is 78.8 Å². The number of piperazine rings is 1. The van der Waals surface area contributed by atoms with Crippen LogP contribution in [0.25, 0.3) is 0 Å². The average molecular weight is 413 g/mol. The molecule has 0 saturated carbocycles. The summed E-state index contributed by atoms with van der Waals surface area (Å²) < 4.78 is 14.8. The maximum absolute atomic E-state index is 13.2. The van der Waals surface area contributed by atoms with E-state index in [-0.39, 0.29) is 43.2 Å². The van der Waals surface area contributed by atoms with E-state index in [1.54, 1.807) is 32.8 Å². The van der Waals surface area contributed by atoms with E-state index in [9.17, 15) is 18.8 Å². The van der Waals surface area contributed by atoms with Crippen molar-refractivity contribution in [1.82, 2.24) is 24.5 Å². The van der Waals surface area contributed by atoms with Gasteiger partial charge in [0.05, 0.1) is 18.3 Å². The summed E-state index contributed by atoms with van der Waals surface area (Å²) in [5.74, 6) is -0.861. The van der Waals surface area contributed by atoms with Crippen molar-refractivity contribution in [3.8, 4) is 0 Å². The summed E-state index contributed by atoms with van der Waals surface area (Å²) >= 11 is 0. The molecule has 0 N–H and O–H groups in total. The van der Waals surface area contributed by atoms with Crippen molar-refractivity contribution in [2.75, 3.05) is 26.2 Å². The van der Waals surface area contributed by atoms with Crippen molar-refractivity contribution < 1.29 is 18.8 Å². The van der Waals surface area contributed by atoms with Gasteiger partial charge in [-0.1, -0.05) is 12.1 Å². The summed E-state index contributed by atoms with van der Waals surface area (Å²) in [6, 6.07) is 5.17. The molecule has 3 amide bonds. The molecule has 3 heterocycles. The summed E-state index contributed by atoms with van der Waals surface area (Å²) in [6.07, 6.45) is 3.84. The molecule has 0 spiro atoms. The number of benzene rings is 1. The van der Waals surface area contributed by atoms with Crippen molar-refractivity contribution in [2.45, 2.75) is 32.5 Å². The molecule has 2 aliphatic rings. The predicted molar refractivity (Wildman–Crippen MR) is 106 cm³/mol. The molecule has 1 atom stereocenters. The molecule has 0 aliphatic carbocycles. The highest BCUT2D eigenvalue weighted by atomic mass is 19.1. The summed E-state index contributed by atoms with van der Waals surface area (Å²) in [5.41, 5.74) is 1.22. The molecule has 158 valence electrons. The van der Waals surface area contributed by atoms with Crippen LogP contribution in [0.3, 0.4) is 0 Å². The first-order chi connectivity index (χ1) is 14.5. The molecular formula is C21H24FN5O3. The van der Waals surface area contributed by atoms with Crippen LogP contribution >= 0.6 is 0 Å². The molecule has 1 aromatic carbocycles. The van der Waals surface area contributed by atoms with Gasteiger partial charge in [0.2, 0.25) is 11.8 Å². The van der Waals surface area contributed by atoms with Crippen LogP contribution in [0.1, 0.15) is 29.3 Å². The Bertz CT molecular complexity index is 958. The standard InChI is InChI=1S/C21H24FN5O3/c1-2-26-12-16(10-23-26)20(29)24-8-3-9-27-18(13-24)21(30)25(14-19(27)28)11-15-4-6-17(22)7-5-15/h4-7,10,12,18H,2-3,8-9,11,13-14H2,1H3. The average Bonchev–Trinajstić information content (AvgIpc) is 3.11. The summed E-state index contributed by atoms with van der Waals surface area (Å²) in [6.45, 7) is 3.89. The fourth-order valence-electron chi connectivity index (χ4n) is 4.00. The van der Waals surface area contributed by atoms with Gasteiger partial charge in [0.1, 0.15) is 18.4 Å². The maximum Gasteiger partial charge on any atom is 0.257 e. The number of fused-ring (bicyclic) bond motifs is 1. The van der Waals surface area contributed by atoms with Crippen molar-refractivity contribution in [3.63, 3.8) is 0 Å². The zero-order valence-electron chi connectivity index (χ0n) is 16.8. The van der Waals surface area contributed by atoms with E-state index >= 15 is 0 Å². The van der Waals surface area contributed by atoms with Gasteiger partial charge >= 0.3 is 0 Å². The Labute approximate surface area is 173 Å². The van der Waals surface area contributed by atoms with E-state index in [2.05, 4.69) is 5.10 Å². The van der Waals surface area contributed by atoms with Crippen LogP contribution < -0.4 is 0 Å². The second kappa shape index (κ2) is 8.25. The van der Waals surface area contributed by atoms with Crippen LogP contribution in [0.2, 0.25) is 0 Å². The number of carbonyl (C=O) groups excluding carboxylic acids is 3. The number of amides is 3. The van der Waals surface area contributed by atoms with Crippen molar-refractivity contribution >= 4 is 17.7 Å². The summed E-state index contributed by atoms with van der Waals surface area (Å²) in [4.78, 5) is 43.6. The largest absolute Gasteiger partial charge is 0.336 e. The lowest BCUT2D eigenvalue weighted by molar-refractivity contribution is -0.156. The molecule has 2 fully saturated rings. The van der Waals surface area contributed by atoms with E-state index in [1.807, 2.05) is 6.92 Å². The first-order valence-corrected chi connectivity index (χ1v) is 10.1. The third-order valence-corrected chi connectivity index (χ3v) is 5.62. The lowest BCUT2D eigenvalue weighted by atomic mass is 10.1. The molecule has 4 rings (SSSR count). The van der Waals surface area contributed by atoms with Crippen molar-refractivity contribution in [1.29, 1.82) is 0 Å². The molecule has 8 nitrogen and oxygen atoms in total. The minimum absolute atomic E-state index is 0.00999. The number of aromatic nitrogens is 2. The molecule has 0 bridgehead atoms. The second-order valence-corrected chi connectivity index (χ2v) is 7.61. The Kier molecular flexibility index (Phi) is 5.52. The normalized spacial score (nSPS) is 19.7. The van der Waals surface area contributed by atoms with E-state index in [0.29, 0.717) is 31.6 Å². The number of rotatable bonds is 4. The fourth-order valence-corrected chi connectivity index (χ4v) is 4.00. The molecule has 2 aliphatic heterocycles. The minimum Gasteiger partial charge on any atom is -0.336 e. The van der Waals surface area contributed by atoms with Gasteiger partial charge in [0.25, 0.3) is 5.91 Å². The number of aryl methyl sites for hydroxylation is 1. The van der Waals surface area contributed by atoms with Crippen LogP contribution in [0, 0.1) is 5.82 Å². The Morgan fingerprint density at radius 1 is 1.20 bits per heavy atom. The van der Waals surface area contributed by atoms with Gasteiger partial charge in [-0.05, 0) is 31.0 Å². The van der Waals surface area contributed by atoms with Crippen LogP contribution in [-0.2, 0) is 22.7 Å². The Balaban J connectivity index is 1.52. The number of hydrogen-bond acceptors (Lipinski definition) is 4. The highest BCUT2D eigenvalue weighted by Gasteiger charge is 2.42. The molecule has 2 saturated heterocycles. The van der Waals surface area contributed by atoms with Crippen LogP contribution in [0.5, 0.6) is 0 Å². The zero-order chi connectivity index (χ0) is 21.3. The lowest BCUT2D eigenvalue weighted by Crippen LogP contribution is -2.61. The molecule has 1 unspecified atom stereocenters. The third-order valence-electron chi connectivity index (χ3n) is 5.62. The number of carbonyl (C=O) groups is 3. The van der Waals surface area contributed by atoms with E-state index < -0.39 is 6.04 Å². The van der Waals surface area contributed by atoms with Gasteiger partial charge in [0, 0.05) is 32.4 Å².